The van der Waals surface area contributed by atoms with E-state index in [-0.39, 0.29) is 5.57 Å². The molecule has 0 saturated carbocycles. The van der Waals surface area contributed by atoms with Crippen LogP contribution >= 0.6 is 11.6 Å². The van der Waals surface area contributed by atoms with Gasteiger partial charge in [0.1, 0.15) is 5.57 Å². The highest BCUT2D eigenvalue weighted by molar-refractivity contribution is 6.33. The summed E-state index contributed by atoms with van der Waals surface area (Å²) in [7, 11) is 1.53. The summed E-state index contributed by atoms with van der Waals surface area (Å²) in [6.07, 6.45) is 1.51. The highest BCUT2D eigenvalue weighted by Crippen LogP contribution is 2.30. The molecular formula is C19H17ClN2O4. The second kappa shape index (κ2) is 7.49. The van der Waals surface area contributed by atoms with Crippen LogP contribution in [0, 0.1) is 0 Å². The lowest BCUT2D eigenvalue weighted by molar-refractivity contribution is -0.117. The number of benzene rings is 2. The number of hydrogen-bond donors (Lipinski definition) is 1. The van der Waals surface area contributed by atoms with Crippen LogP contribution in [0.4, 0.5) is 5.69 Å². The molecule has 1 aliphatic heterocycles. The first-order valence-corrected chi connectivity index (χ1v) is 8.35. The van der Waals surface area contributed by atoms with E-state index in [2.05, 4.69) is 5.43 Å². The van der Waals surface area contributed by atoms with Gasteiger partial charge in [-0.3, -0.25) is 15.0 Å². The van der Waals surface area contributed by atoms with Crippen LogP contribution in [0.1, 0.15) is 12.5 Å². The van der Waals surface area contributed by atoms with E-state index in [0.717, 1.165) is 0 Å². The SMILES string of the molecule is CCOc1ccc(/C=C2\C(=O)NN(c3cccc(Cl)c3)C2=O)cc1OC. The van der Waals surface area contributed by atoms with Gasteiger partial charge in [0, 0.05) is 5.02 Å². The molecule has 1 saturated heterocycles. The van der Waals surface area contributed by atoms with Crippen molar-refractivity contribution in [2.75, 3.05) is 18.7 Å². The lowest BCUT2D eigenvalue weighted by atomic mass is 10.1. The topological polar surface area (TPSA) is 67.9 Å². The van der Waals surface area contributed by atoms with Crippen molar-refractivity contribution in [1.82, 2.24) is 5.43 Å². The zero-order chi connectivity index (χ0) is 18.7. The van der Waals surface area contributed by atoms with Gasteiger partial charge in [-0.25, -0.2) is 5.01 Å². The van der Waals surface area contributed by atoms with Crippen LogP contribution in [-0.2, 0) is 9.59 Å². The summed E-state index contributed by atoms with van der Waals surface area (Å²) in [5.41, 5.74) is 3.70. The molecule has 0 spiro atoms. The third kappa shape index (κ3) is 3.50. The number of amides is 2. The summed E-state index contributed by atoms with van der Waals surface area (Å²) in [4.78, 5) is 24.9. The molecule has 1 fully saturated rings. The molecule has 7 heteroatoms. The Morgan fingerprint density at radius 2 is 1.96 bits per heavy atom. The Labute approximate surface area is 155 Å². The maximum Gasteiger partial charge on any atom is 0.282 e. The number of halogens is 1. The smallest absolute Gasteiger partial charge is 0.282 e. The van der Waals surface area contributed by atoms with E-state index in [1.54, 1.807) is 42.5 Å². The molecule has 0 unspecified atom stereocenters. The number of anilines is 1. The van der Waals surface area contributed by atoms with Gasteiger partial charge in [-0.05, 0) is 48.9 Å². The molecule has 1 N–H and O–H groups in total. The molecule has 2 aromatic carbocycles. The Balaban J connectivity index is 1.91. The van der Waals surface area contributed by atoms with Crippen LogP contribution in [0.2, 0.25) is 5.02 Å². The Bertz CT molecular complexity index is 895. The molecule has 1 aliphatic rings. The Kier molecular flexibility index (Phi) is 5.14. The predicted molar refractivity (Wildman–Crippen MR) is 99.2 cm³/mol. The zero-order valence-electron chi connectivity index (χ0n) is 14.3. The molecule has 1 heterocycles. The second-order valence-electron chi connectivity index (χ2n) is 5.46. The van der Waals surface area contributed by atoms with Crippen LogP contribution in [-0.4, -0.2) is 25.5 Å². The highest BCUT2D eigenvalue weighted by Gasteiger charge is 2.34. The minimum absolute atomic E-state index is 0.0242. The summed E-state index contributed by atoms with van der Waals surface area (Å²) in [5.74, 6) is 0.187. The molecule has 2 aromatic rings. The van der Waals surface area contributed by atoms with Crippen LogP contribution in [0.25, 0.3) is 6.08 Å². The number of hydrazine groups is 1. The van der Waals surface area contributed by atoms with Crippen LogP contribution in [0.3, 0.4) is 0 Å². The van der Waals surface area contributed by atoms with E-state index < -0.39 is 11.8 Å². The van der Waals surface area contributed by atoms with Crippen molar-refractivity contribution >= 4 is 35.2 Å². The van der Waals surface area contributed by atoms with Crippen molar-refractivity contribution in [3.05, 3.63) is 58.6 Å². The van der Waals surface area contributed by atoms with Crippen LogP contribution in [0.15, 0.2) is 48.0 Å². The van der Waals surface area contributed by atoms with Gasteiger partial charge in [0.05, 0.1) is 19.4 Å². The summed E-state index contributed by atoms with van der Waals surface area (Å²) in [6.45, 7) is 2.38. The zero-order valence-corrected chi connectivity index (χ0v) is 15.0. The standard InChI is InChI=1S/C19H17ClN2O4/c1-3-26-16-8-7-12(10-17(16)25-2)9-15-18(23)21-22(19(15)24)14-6-4-5-13(20)11-14/h4-11H,3H2,1-2H3,(H,21,23)/b15-9+. The lowest BCUT2D eigenvalue weighted by Crippen LogP contribution is -2.35. The average Bonchev–Trinajstić information content (AvgIpc) is 2.91. The first-order chi connectivity index (χ1) is 12.5. The third-order valence-electron chi connectivity index (χ3n) is 3.76. The molecule has 0 atom stereocenters. The van der Waals surface area contributed by atoms with Gasteiger partial charge in [0.15, 0.2) is 11.5 Å². The molecule has 0 radical (unpaired) electrons. The van der Waals surface area contributed by atoms with Crippen LogP contribution in [0.5, 0.6) is 11.5 Å². The molecule has 2 amide bonds. The normalized spacial score (nSPS) is 15.3. The van der Waals surface area contributed by atoms with Crippen molar-refractivity contribution in [2.45, 2.75) is 6.92 Å². The summed E-state index contributed by atoms with van der Waals surface area (Å²) < 4.78 is 10.8. The number of carbonyl (C=O) groups is 2. The fraction of sp³-hybridized carbons (Fsp3) is 0.158. The largest absolute Gasteiger partial charge is 0.493 e. The number of ether oxygens (including phenoxy) is 2. The van der Waals surface area contributed by atoms with Gasteiger partial charge in [-0.15, -0.1) is 0 Å². The van der Waals surface area contributed by atoms with Crippen LogP contribution < -0.4 is 19.9 Å². The first kappa shape index (κ1) is 17.8. The van der Waals surface area contributed by atoms with Gasteiger partial charge in [0.25, 0.3) is 11.8 Å². The van der Waals surface area contributed by atoms with E-state index in [0.29, 0.717) is 34.4 Å². The molecule has 3 rings (SSSR count). The minimum atomic E-state index is -0.483. The van der Waals surface area contributed by atoms with Gasteiger partial charge in [-0.1, -0.05) is 23.7 Å². The number of methoxy groups -OCH3 is 1. The molecule has 26 heavy (non-hydrogen) atoms. The Morgan fingerprint density at radius 1 is 1.15 bits per heavy atom. The van der Waals surface area contributed by atoms with Crippen molar-refractivity contribution in [3.63, 3.8) is 0 Å². The molecule has 0 bridgehead atoms. The number of rotatable bonds is 5. The van der Waals surface area contributed by atoms with E-state index in [1.807, 2.05) is 6.92 Å². The number of nitrogens with one attached hydrogen (secondary N) is 1. The average molecular weight is 373 g/mol. The number of nitrogens with zero attached hydrogens (tertiary/aromatic N) is 1. The summed E-state index contributed by atoms with van der Waals surface area (Å²) >= 11 is 5.96. The monoisotopic (exact) mass is 372 g/mol. The maximum absolute atomic E-state index is 12.6. The molecule has 0 aromatic heterocycles. The molecular weight excluding hydrogens is 356 g/mol. The molecule has 134 valence electrons. The summed E-state index contributed by atoms with van der Waals surface area (Å²) in [6, 6.07) is 11.9. The Morgan fingerprint density at radius 3 is 2.65 bits per heavy atom. The van der Waals surface area contributed by atoms with E-state index >= 15 is 0 Å². The van der Waals surface area contributed by atoms with Gasteiger partial charge < -0.3 is 9.47 Å². The van der Waals surface area contributed by atoms with Crippen molar-refractivity contribution in [2.24, 2.45) is 0 Å². The predicted octanol–water partition coefficient (Wildman–Crippen LogP) is 3.21. The Hall–Kier alpha value is -2.99. The first-order valence-electron chi connectivity index (χ1n) is 7.97. The van der Waals surface area contributed by atoms with Crippen molar-refractivity contribution in [3.8, 4) is 11.5 Å². The summed E-state index contributed by atoms with van der Waals surface area (Å²) in [5, 5.41) is 1.64. The third-order valence-corrected chi connectivity index (χ3v) is 3.99. The van der Waals surface area contributed by atoms with Gasteiger partial charge >= 0.3 is 0 Å². The number of carbonyl (C=O) groups excluding carboxylic acids is 2. The second-order valence-corrected chi connectivity index (χ2v) is 5.90. The number of hydrogen-bond acceptors (Lipinski definition) is 4. The molecule has 6 nitrogen and oxygen atoms in total. The fourth-order valence-corrected chi connectivity index (χ4v) is 2.75. The highest BCUT2D eigenvalue weighted by atomic mass is 35.5. The lowest BCUT2D eigenvalue weighted by Gasteiger charge is -2.14. The maximum atomic E-state index is 12.6. The van der Waals surface area contributed by atoms with E-state index in [4.69, 9.17) is 21.1 Å². The quantitative estimate of drug-likeness (QED) is 0.646. The van der Waals surface area contributed by atoms with Gasteiger partial charge in [0.2, 0.25) is 0 Å². The fourth-order valence-electron chi connectivity index (χ4n) is 2.57. The van der Waals surface area contributed by atoms with Gasteiger partial charge in [-0.2, -0.15) is 0 Å². The van der Waals surface area contributed by atoms with Crippen molar-refractivity contribution < 1.29 is 19.1 Å². The molecule has 0 aliphatic carbocycles. The van der Waals surface area contributed by atoms with Crippen molar-refractivity contribution in [1.29, 1.82) is 0 Å². The minimum Gasteiger partial charge on any atom is -0.493 e. The van der Waals surface area contributed by atoms with E-state index in [1.165, 1.54) is 18.2 Å². The van der Waals surface area contributed by atoms with E-state index in [9.17, 15) is 9.59 Å².